The lowest BCUT2D eigenvalue weighted by Gasteiger charge is -2.32. The molecule has 4 heteroatoms. The molecule has 2 rings (SSSR count). The van der Waals surface area contributed by atoms with E-state index >= 15 is 0 Å². The zero-order valence-corrected chi connectivity index (χ0v) is 10.6. The summed E-state index contributed by atoms with van der Waals surface area (Å²) in [5, 5.41) is 8.88. The smallest absolute Gasteiger partial charge is 0.407 e. The highest BCUT2D eigenvalue weighted by Crippen LogP contribution is 2.21. The highest BCUT2D eigenvalue weighted by Gasteiger charge is 2.22. The maximum atomic E-state index is 10.8. The van der Waals surface area contributed by atoms with Gasteiger partial charge in [-0.2, -0.15) is 0 Å². The van der Waals surface area contributed by atoms with Gasteiger partial charge in [0.05, 0.1) is 0 Å². The molecule has 0 aromatic rings. The van der Waals surface area contributed by atoms with Crippen molar-refractivity contribution < 1.29 is 9.90 Å². The number of hydrogen-bond acceptors (Lipinski definition) is 2. The van der Waals surface area contributed by atoms with Crippen LogP contribution in [0.3, 0.4) is 0 Å². The quantitative estimate of drug-likeness (QED) is 0.823. The molecule has 0 bridgehead atoms. The van der Waals surface area contributed by atoms with Gasteiger partial charge in [-0.15, -0.1) is 0 Å². The Bertz CT molecular complexity index is 244. The molecule has 0 radical (unpaired) electrons. The maximum absolute atomic E-state index is 10.8. The zero-order valence-electron chi connectivity index (χ0n) is 10.6. The number of hydrogen-bond donors (Lipinski definition) is 1. The fraction of sp³-hybridized carbons (Fsp3) is 0.923. The number of rotatable bonds is 3. The fourth-order valence-corrected chi connectivity index (χ4v) is 2.96. The summed E-state index contributed by atoms with van der Waals surface area (Å²) in [6.45, 7) is 5.24. The Kier molecular flexibility index (Phi) is 4.66. The van der Waals surface area contributed by atoms with Crippen molar-refractivity contribution in [3.8, 4) is 0 Å². The van der Waals surface area contributed by atoms with E-state index < -0.39 is 6.09 Å². The van der Waals surface area contributed by atoms with Crippen molar-refractivity contribution in [2.24, 2.45) is 5.92 Å². The maximum Gasteiger partial charge on any atom is 0.407 e. The van der Waals surface area contributed by atoms with Gasteiger partial charge >= 0.3 is 6.09 Å². The van der Waals surface area contributed by atoms with E-state index in [1.54, 1.807) is 4.90 Å². The highest BCUT2D eigenvalue weighted by molar-refractivity contribution is 5.64. The van der Waals surface area contributed by atoms with Crippen LogP contribution in [0, 0.1) is 5.92 Å². The van der Waals surface area contributed by atoms with Crippen molar-refractivity contribution in [3.05, 3.63) is 0 Å². The number of piperidine rings is 2. The standard InChI is InChI=1S/C13H24N2O2/c16-13(17)15-10-5-12(6-11-15)4-9-14-7-2-1-3-8-14/h12H,1-11H2,(H,16,17). The van der Waals surface area contributed by atoms with E-state index in [-0.39, 0.29) is 0 Å². The average molecular weight is 240 g/mol. The van der Waals surface area contributed by atoms with Gasteiger partial charge in [0.1, 0.15) is 0 Å². The molecule has 1 N–H and O–H groups in total. The van der Waals surface area contributed by atoms with Gasteiger partial charge in [0.2, 0.25) is 0 Å². The second-order valence-electron chi connectivity index (χ2n) is 5.40. The molecule has 0 aromatic heterocycles. The summed E-state index contributed by atoms with van der Waals surface area (Å²) in [6, 6.07) is 0. The molecule has 2 aliphatic heterocycles. The molecule has 2 fully saturated rings. The minimum absolute atomic E-state index is 0.736. The molecule has 0 saturated carbocycles. The third-order valence-corrected chi connectivity index (χ3v) is 4.19. The Morgan fingerprint density at radius 2 is 1.71 bits per heavy atom. The van der Waals surface area contributed by atoms with Crippen LogP contribution < -0.4 is 0 Å². The SMILES string of the molecule is O=C(O)N1CCC(CCN2CCCCC2)CC1. The second kappa shape index (κ2) is 6.24. The van der Waals surface area contributed by atoms with Crippen LogP contribution in [0.5, 0.6) is 0 Å². The molecule has 17 heavy (non-hydrogen) atoms. The van der Waals surface area contributed by atoms with E-state index in [0.29, 0.717) is 0 Å². The molecular formula is C13H24N2O2. The average Bonchev–Trinajstić information content (AvgIpc) is 2.38. The normalized spacial score (nSPS) is 23.9. The number of carbonyl (C=O) groups is 1. The van der Waals surface area contributed by atoms with E-state index in [1.165, 1.54) is 45.3 Å². The van der Waals surface area contributed by atoms with Crippen molar-refractivity contribution in [2.75, 3.05) is 32.7 Å². The van der Waals surface area contributed by atoms with Crippen molar-refractivity contribution in [1.29, 1.82) is 0 Å². The monoisotopic (exact) mass is 240 g/mol. The van der Waals surface area contributed by atoms with Crippen LogP contribution in [0.15, 0.2) is 0 Å². The van der Waals surface area contributed by atoms with Crippen molar-refractivity contribution >= 4 is 6.09 Å². The van der Waals surface area contributed by atoms with Gasteiger partial charge < -0.3 is 14.9 Å². The van der Waals surface area contributed by atoms with Crippen LogP contribution in [0.1, 0.15) is 38.5 Å². The van der Waals surface area contributed by atoms with E-state index in [4.69, 9.17) is 5.11 Å². The molecule has 0 spiro atoms. The first-order chi connectivity index (χ1) is 8.25. The summed E-state index contributed by atoms with van der Waals surface area (Å²) >= 11 is 0. The van der Waals surface area contributed by atoms with Gasteiger partial charge in [-0.1, -0.05) is 6.42 Å². The zero-order chi connectivity index (χ0) is 12.1. The molecular weight excluding hydrogens is 216 g/mol. The van der Waals surface area contributed by atoms with Crippen molar-refractivity contribution in [2.45, 2.75) is 38.5 Å². The van der Waals surface area contributed by atoms with Crippen LogP contribution in [0.4, 0.5) is 4.79 Å². The highest BCUT2D eigenvalue weighted by atomic mass is 16.4. The van der Waals surface area contributed by atoms with Crippen molar-refractivity contribution in [1.82, 2.24) is 9.80 Å². The first-order valence-electron chi connectivity index (χ1n) is 6.96. The third-order valence-electron chi connectivity index (χ3n) is 4.19. The number of amides is 1. The Balaban J connectivity index is 1.62. The van der Waals surface area contributed by atoms with E-state index in [0.717, 1.165) is 31.8 Å². The minimum Gasteiger partial charge on any atom is -0.465 e. The largest absolute Gasteiger partial charge is 0.465 e. The number of likely N-dealkylation sites (tertiary alicyclic amines) is 2. The lowest BCUT2D eigenvalue weighted by molar-refractivity contribution is 0.118. The summed E-state index contributed by atoms with van der Waals surface area (Å²) in [5.41, 5.74) is 0. The van der Waals surface area contributed by atoms with E-state index in [9.17, 15) is 4.79 Å². The lowest BCUT2D eigenvalue weighted by Crippen LogP contribution is -2.38. The van der Waals surface area contributed by atoms with Gasteiger partial charge in [-0.25, -0.2) is 4.79 Å². The van der Waals surface area contributed by atoms with Gasteiger partial charge in [0, 0.05) is 13.1 Å². The molecule has 0 atom stereocenters. The summed E-state index contributed by atoms with van der Waals surface area (Å²) in [4.78, 5) is 14.9. The topological polar surface area (TPSA) is 43.8 Å². The van der Waals surface area contributed by atoms with Gasteiger partial charge in [-0.3, -0.25) is 0 Å². The molecule has 1 amide bonds. The summed E-state index contributed by atoms with van der Waals surface area (Å²) in [5.74, 6) is 0.743. The Morgan fingerprint density at radius 1 is 1.06 bits per heavy atom. The molecule has 0 aliphatic carbocycles. The first kappa shape index (κ1) is 12.7. The predicted molar refractivity (Wildman–Crippen MR) is 67.2 cm³/mol. The van der Waals surface area contributed by atoms with E-state index in [1.807, 2.05) is 0 Å². The van der Waals surface area contributed by atoms with E-state index in [2.05, 4.69) is 4.90 Å². The fourth-order valence-electron chi connectivity index (χ4n) is 2.96. The Labute approximate surface area is 104 Å². The summed E-state index contributed by atoms with van der Waals surface area (Å²) < 4.78 is 0. The molecule has 0 aromatic carbocycles. The van der Waals surface area contributed by atoms with Gasteiger partial charge in [-0.05, 0) is 57.7 Å². The van der Waals surface area contributed by atoms with Crippen LogP contribution >= 0.6 is 0 Å². The van der Waals surface area contributed by atoms with Gasteiger partial charge in [0.25, 0.3) is 0 Å². The van der Waals surface area contributed by atoms with Crippen LogP contribution in [-0.2, 0) is 0 Å². The molecule has 2 aliphatic rings. The molecule has 98 valence electrons. The lowest BCUT2D eigenvalue weighted by atomic mass is 9.93. The van der Waals surface area contributed by atoms with Gasteiger partial charge in [0.15, 0.2) is 0 Å². The predicted octanol–water partition coefficient (Wildman–Crippen LogP) is 2.25. The second-order valence-corrected chi connectivity index (χ2v) is 5.40. The number of carboxylic acid groups (broad SMARTS) is 1. The first-order valence-corrected chi connectivity index (χ1v) is 6.96. The molecule has 2 saturated heterocycles. The minimum atomic E-state index is -0.750. The number of nitrogens with zero attached hydrogens (tertiary/aromatic N) is 2. The summed E-state index contributed by atoms with van der Waals surface area (Å²) in [7, 11) is 0. The molecule has 4 nitrogen and oxygen atoms in total. The molecule has 2 heterocycles. The summed E-state index contributed by atoms with van der Waals surface area (Å²) in [6.07, 6.45) is 6.73. The Morgan fingerprint density at radius 3 is 2.29 bits per heavy atom. The Hall–Kier alpha value is -0.770. The third kappa shape index (κ3) is 3.87. The van der Waals surface area contributed by atoms with Crippen LogP contribution in [0.25, 0.3) is 0 Å². The van der Waals surface area contributed by atoms with Crippen molar-refractivity contribution in [3.63, 3.8) is 0 Å². The van der Waals surface area contributed by atoms with Crippen LogP contribution in [-0.4, -0.2) is 53.7 Å². The van der Waals surface area contributed by atoms with Crippen LogP contribution in [0.2, 0.25) is 0 Å². The molecule has 0 unspecified atom stereocenters.